The summed E-state index contributed by atoms with van der Waals surface area (Å²) >= 11 is 0. The third-order valence-electron chi connectivity index (χ3n) is 4.38. The highest BCUT2D eigenvalue weighted by Gasteiger charge is 2.13. The molecule has 0 atom stereocenters. The van der Waals surface area contributed by atoms with Gasteiger partial charge in [0.2, 0.25) is 5.91 Å². The Balaban J connectivity index is 1.92. The Morgan fingerprint density at radius 1 is 0.862 bits per heavy atom. The van der Waals surface area contributed by atoms with E-state index in [9.17, 15) is 14.4 Å². The summed E-state index contributed by atoms with van der Waals surface area (Å²) in [5.41, 5.74) is 2.41. The summed E-state index contributed by atoms with van der Waals surface area (Å²) in [6.07, 6.45) is 0. The maximum atomic E-state index is 12.4. The number of carbonyl (C=O) groups excluding carboxylic acids is 3. The van der Waals surface area contributed by atoms with E-state index in [1.165, 1.54) is 0 Å². The minimum absolute atomic E-state index is 0.0589. The van der Waals surface area contributed by atoms with Gasteiger partial charge < -0.3 is 20.9 Å². The largest absolute Gasteiger partial charge is 0.376 e. The zero-order valence-electron chi connectivity index (χ0n) is 17.1. The SMILES string of the molecule is CCNC(=O)c1ccc(NCC(=O)Nc2cccc(C(=O)N(CC)CC)c2)cc1. The molecule has 0 saturated heterocycles. The highest BCUT2D eigenvalue weighted by Crippen LogP contribution is 2.13. The van der Waals surface area contributed by atoms with Crippen molar-refractivity contribution in [1.29, 1.82) is 0 Å². The molecule has 2 rings (SSSR count). The molecule has 154 valence electrons. The zero-order valence-corrected chi connectivity index (χ0v) is 17.1. The summed E-state index contributed by atoms with van der Waals surface area (Å²) in [6, 6.07) is 13.8. The van der Waals surface area contributed by atoms with E-state index in [-0.39, 0.29) is 24.3 Å². The quantitative estimate of drug-likeness (QED) is 0.608. The van der Waals surface area contributed by atoms with E-state index >= 15 is 0 Å². The molecule has 0 fully saturated rings. The van der Waals surface area contributed by atoms with Crippen molar-refractivity contribution in [3.8, 4) is 0 Å². The second-order valence-electron chi connectivity index (χ2n) is 6.40. The minimum atomic E-state index is -0.231. The third-order valence-corrected chi connectivity index (χ3v) is 4.38. The van der Waals surface area contributed by atoms with Crippen molar-refractivity contribution in [2.24, 2.45) is 0 Å². The van der Waals surface area contributed by atoms with Gasteiger partial charge in [-0.15, -0.1) is 0 Å². The van der Waals surface area contributed by atoms with Crippen LogP contribution in [0.1, 0.15) is 41.5 Å². The molecule has 3 amide bonds. The van der Waals surface area contributed by atoms with Crippen molar-refractivity contribution in [1.82, 2.24) is 10.2 Å². The number of amides is 3. The predicted molar refractivity (Wildman–Crippen MR) is 115 cm³/mol. The second-order valence-corrected chi connectivity index (χ2v) is 6.40. The van der Waals surface area contributed by atoms with Gasteiger partial charge in [0.25, 0.3) is 11.8 Å². The zero-order chi connectivity index (χ0) is 21.2. The normalized spacial score (nSPS) is 10.2. The molecule has 7 heteroatoms. The average Bonchev–Trinajstić information content (AvgIpc) is 2.74. The standard InChI is InChI=1S/C22H28N4O3/c1-4-23-21(28)16-10-12-18(13-11-16)24-15-20(27)25-19-9-7-8-17(14-19)22(29)26(5-2)6-3/h7-14,24H,4-6,15H2,1-3H3,(H,23,28)(H,25,27). The van der Waals surface area contributed by atoms with Gasteiger partial charge in [0.1, 0.15) is 0 Å². The summed E-state index contributed by atoms with van der Waals surface area (Å²) in [4.78, 5) is 38.2. The lowest BCUT2D eigenvalue weighted by atomic mass is 10.1. The first-order chi connectivity index (χ1) is 14.0. The lowest BCUT2D eigenvalue weighted by Gasteiger charge is -2.19. The van der Waals surface area contributed by atoms with Gasteiger partial charge >= 0.3 is 0 Å². The van der Waals surface area contributed by atoms with Crippen LogP contribution in [0.4, 0.5) is 11.4 Å². The molecule has 7 nitrogen and oxygen atoms in total. The first-order valence-corrected chi connectivity index (χ1v) is 9.79. The molecule has 0 aliphatic heterocycles. The van der Waals surface area contributed by atoms with Crippen molar-refractivity contribution in [3.63, 3.8) is 0 Å². The van der Waals surface area contributed by atoms with Crippen LogP contribution in [0.2, 0.25) is 0 Å². The fourth-order valence-corrected chi connectivity index (χ4v) is 2.81. The van der Waals surface area contributed by atoms with Crippen LogP contribution in [0.5, 0.6) is 0 Å². The van der Waals surface area contributed by atoms with E-state index in [4.69, 9.17) is 0 Å². The van der Waals surface area contributed by atoms with Gasteiger partial charge in [0, 0.05) is 42.1 Å². The topological polar surface area (TPSA) is 90.5 Å². The van der Waals surface area contributed by atoms with Crippen LogP contribution < -0.4 is 16.0 Å². The lowest BCUT2D eigenvalue weighted by Crippen LogP contribution is -2.30. The Morgan fingerprint density at radius 2 is 1.55 bits per heavy atom. The lowest BCUT2D eigenvalue weighted by molar-refractivity contribution is -0.114. The number of nitrogens with zero attached hydrogens (tertiary/aromatic N) is 1. The number of anilines is 2. The molecule has 0 saturated carbocycles. The molecule has 0 aromatic heterocycles. The molecule has 2 aromatic rings. The molecule has 0 aliphatic carbocycles. The van der Waals surface area contributed by atoms with Gasteiger partial charge in [-0.1, -0.05) is 6.07 Å². The van der Waals surface area contributed by atoms with Gasteiger partial charge in [-0.2, -0.15) is 0 Å². The maximum Gasteiger partial charge on any atom is 0.253 e. The summed E-state index contributed by atoms with van der Waals surface area (Å²) in [5, 5.41) is 8.55. The summed E-state index contributed by atoms with van der Waals surface area (Å²) in [6.45, 7) is 7.63. The third kappa shape index (κ3) is 6.34. The summed E-state index contributed by atoms with van der Waals surface area (Å²) in [7, 11) is 0. The average molecular weight is 396 g/mol. The van der Waals surface area contributed by atoms with Crippen LogP contribution in [0.3, 0.4) is 0 Å². The molecule has 3 N–H and O–H groups in total. The first-order valence-electron chi connectivity index (χ1n) is 9.79. The van der Waals surface area contributed by atoms with Crippen molar-refractivity contribution in [2.45, 2.75) is 20.8 Å². The van der Waals surface area contributed by atoms with Crippen LogP contribution >= 0.6 is 0 Å². The molecule has 2 aromatic carbocycles. The smallest absolute Gasteiger partial charge is 0.253 e. The predicted octanol–water partition coefficient (Wildman–Crippen LogP) is 2.97. The van der Waals surface area contributed by atoms with Crippen LogP contribution in [0.25, 0.3) is 0 Å². The fraction of sp³-hybridized carbons (Fsp3) is 0.318. The van der Waals surface area contributed by atoms with Crippen LogP contribution in [-0.2, 0) is 4.79 Å². The van der Waals surface area contributed by atoms with Crippen LogP contribution in [0.15, 0.2) is 48.5 Å². The Labute approximate surface area is 171 Å². The molecule has 0 unspecified atom stereocenters. The van der Waals surface area contributed by atoms with Crippen molar-refractivity contribution >= 4 is 29.1 Å². The number of rotatable bonds is 9. The summed E-state index contributed by atoms with van der Waals surface area (Å²) < 4.78 is 0. The highest BCUT2D eigenvalue weighted by molar-refractivity contribution is 5.98. The van der Waals surface area contributed by atoms with E-state index in [1.54, 1.807) is 53.4 Å². The highest BCUT2D eigenvalue weighted by atomic mass is 16.2. The fourth-order valence-electron chi connectivity index (χ4n) is 2.81. The molecule has 0 spiro atoms. The van der Waals surface area contributed by atoms with Crippen molar-refractivity contribution < 1.29 is 14.4 Å². The monoisotopic (exact) mass is 396 g/mol. The molecular formula is C22H28N4O3. The Kier molecular flexibility index (Phi) is 8.21. The number of hydrogen-bond acceptors (Lipinski definition) is 4. The maximum absolute atomic E-state index is 12.4. The molecular weight excluding hydrogens is 368 g/mol. The Morgan fingerprint density at radius 3 is 2.17 bits per heavy atom. The van der Waals surface area contributed by atoms with E-state index in [0.717, 1.165) is 5.69 Å². The van der Waals surface area contributed by atoms with Gasteiger partial charge in [-0.3, -0.25) is 14.4 Å². The van der Waals surface area contributed by atoms with Crippen molar-refractivity contribution in [2.75, 3.05) is 36.8 Å². The molecule has 0 bridgehead atoms. The van der Waals surface area contributed by atoms with E-state index in [2.05, 4.69) is 16.0 Å². The number of benzene rings is 2. The van der Waals surface area contributed by atoms with E-state index < -0.39 is 0 Å². The first kappa shape index (κ1) is 21.9. The number of nitrogens with one attached hydrogen (secondary N) is 3. The van der Waals surface area contributed by atoms with Gasteiger partial charge in [0.15, 0.2) is 0 Å². The van der Waals surface area contributed by atoms with Gasteiger partial charge in [-0.05, 0) is 63.2 Å². The Hall–Kier alpha value is -3.35. The minimum Gasteiger partial charge on any atom is -0.376 e. The summed E-state index contributed by atoms with van der Waals surface area (Å²) in [5.74, 6) is -0.419. The molecule has 29 heavy (non-hydrogen) atoms. The van der Waals surface area contributed by atoms with Crippen molar-refractivity contribution in [3.05, 3.63) is 59.7 Å². The van der Waals surface area contributed by atoms with E-state index in [1.807, 2.05) is 20.8 Å². The number of carbonyl (C=O) groups is 3. The van der Waals surface area contributed by atoms with Gasteiger partial charge in [0.05, 0.1) is 6.54 Å². The Bertz CT molecular complexity index is 845. The molecule has 0 heterocycles. The number of hydrogen-bond donors (Lipinski definition) is 3. The molecule has 0 radical (unpaired) electrons. The van der Waals surface area contributed by atoms with Crippen LogP contribution in [-0.4, -0.2) is 48.8 Å². The van der Waals surface area contributed by atoms with Crippen LogP contribution in [0, 0.1) is 0 Å². The second kappa shape index (κ2) is 10.8. The molecule has 0 aliphatic rings. The van der Waals surface area contributed by atoms with Gasteiger partial charge in [-0.25, -0.2) is 0 Å². The van der Waals surface area contributed by atoms with E-state index in [0.29, 0.717) is 36.4 Å².